The largest absolute Gasteiger partial charge is 0.330 e. The predicted octanol–water partition coefficient (Wildman–Crippen LogP) is 5.76. The Kier molecular flexibility index (Phi) is 6.15. The highest BCUT2D eigenvalue weighted by Crippen LogP contribution is 2.41. The molecule has 2 aromatic heterocycles. The lowest BCUT2D eigenvalue weighted by Gasteiger charge is -2.20. The maximum Gasteiger partial charge on any atom is 0.237 e. The number of nitrogens with zero attached hydrogens (tertiary/aromatic N) is 4. The van der Waals surface area contributed by atoms with Crippen molar-refractivity contribution in [2.75, 3.05) is 19.6 Å². The number of benzene rings is 2. The molecular weight excluding hydrogens is 510 g/mol. The highest BCUT2D eigenvalue weighted by atomic mass is 32.1. The Labute approximate surface area is 231 Å². The van der Waals surface area contributed by atoms with Gasteiger partial charge in [0.1, 0.15) is 10.0 Å². The Hall–Kier alpha value is -2.91. The van der Waals surface area contributed by atoms with Crippen LogP contribution in [0.2, 0.25) is 0 Å². The van der Waals surface area contributed by atoms with Gasteiger partial charge in [-0.1, -0.05) is 36.4 Å². The van der Waals surface area contributed by atoms with Crippen molar-refractivity contribution in [1.29, 1.82) is 0 Å². The first-order valence-corrected chi connectivity index (χ1v) is 15.1. The number of amides is 1. The number of thiazole rings is 2. The Morgan fingerprint density at radius 2 is 1.42 bits per heavy atom. The third kappa shape index (κ3) is 4.20. The summed E-state index contributed by atoms with van der Waals surface area (Å²) in [6.07, 6.45) is 2.41. The van der Waals surface area contributed by atoms with E-state index in [4.69, 9.17) is 9.97 Å². The van der Waals surface area contributed by atoms with E-state index in [0.29, 0.717) is 19.6 Å². The minimum absolute atomic E-state index is 0.230. The molecule has 7 rings (SSSR count). The fraction of sp³-hybridized carbons (Fsp3) is 0.367. The summed E-state index contributed by atoms with van der Waals surface area (Å²) in [7, 11) is 0. The van der Waals surface area contributed by atoms with Crippen molar-refractivity contribution in [2.24, 2.45) is 0 Å². The van der Waals surface area contributed by atoms with Gasteiger partial charge in [-0.2, -0.15) is 0 Å². The second-order valence-electron chi connectivity index (χ2n) is 10.6. The maximum atomic E-state index is 12.8. The molecule has 6 nitrogen and oxygen atoms in total. The molecule has 1 saturated heterocycles. The first-order chi connectivity index (χ1) is 18.5. The summed E-state index contributed by atoms with van der Waals surface area (Å²) in [5.41, 5.74) is 9.66. The number of nitrogens with one attached hydrogen (secondary N) is 1. The van der Waals surface area contributed by atoms with Crippen molar-refractivity contribution < 1.29 is 4.79 Å². The quantitative estimate of drug-likeness (QED) is 0.348. The van der Waals surface area contributed by atoms with Crippen molar-refractivity contribution in [3.8, 4) is 32.3 Å². The van der Waals surface area contributed by atoms with Gasteiger partial charge < -0.3 is 10.2 Å². The van der Waals surface area contributed by atoms with E-state index in [2.05, 4.69) is 60.5 Å². The monoisotopic (exact) mass is 541 g/mol. The highest BCUT2D eigenvalue weighted by Gasteiger charge is 2.29. The SMILES string of the molecule is Cc1c(-c2nc3c(s2)CNC3)cccc1-c1cccc(-c2nc3c(s2)CN(C(=O)CN2CCCC2)C3)c1C. The molecule has 4 aromatic rings. The molecule has 0 unspecified atom stereocenters. The second kappa shape index (κ2) is 9.68. The number of carbonyl (C=O) groups is 1. The molecule has 38 heavy (non-hydrogen) atoms. The summed E-state index contributed by atoms with van der Waals surface area (Å²) in [6, 6.07) is 13.1. The van der Waals surface area contributed by atoms with Crippen LogP contribution < -0.4 is 5.32 Å². The molecular formula is C30H31N5OS2. The molecule has 3 aliphatic rings. The van der Waals surface area contributed by atoms with Crippen LogP contribution in [0.15, 0.2) is 36.4 Å². The van der Waals surface area contributed by atoms with Crippen LogP contribution in [-0.4, -0.2) is 45.3 Å². The molecule has 0 aliphatic carbocycles. The zero-order chi connectivity index (χ0) is 25.8. The smallest absolute Gasteiger partial charge is 0.237 e. The van der Waals surface area contributed by atoms with Gasteiger partial charge in [0.25, 0.3) is 0 Å². The van der Waals surface area contributed by atoms with Gasteiger partial charge in [-0.15, -0.1) is 22.7 Å². The van der Waals surface area contributed by atoms with Crippen molar-refractivity contribution >= 4 is 28.6 Å². The zero-order valence-corrected chi connectivity index (χ0v) is 23.5. The predicted molar refractivity (Wildman–Crippen MR) is 154 cm³/mol. The molecule has 5 heterocycles. The van der Waals surface area contributed by atoms with E-state index < -0.39 is 0 Å². The van der Waals surface area contributed by atoms with E-state index in [1.54, 1.807) is 11.3 Å². The fourth-order valence-electron chi connectivity index (χ4n) is 5.95. The number of fused-ring (bicyclic) bond motifs is 2. The van der Waals surface area contributed by atoms with Crippen LogP contribution in [0.25, 0.3) is 32.3 Å². The third-order valence-corrected chi connectivity index (χ3v) is 10.4. The van der Waals surface area contributed by atoms with Crippen LogP contribution in [0.5, 0.6) is 0 Å². The molecule has 3 aliphatic heterocycles. The number of likely N-dealkylation sites (tertiary alicyclic amines) is 1. The van der Waals surface area contributed by atoms with Gasteiger partial charge in [-0.25, -0.2) is 9.97 Å². The lowest BCUT2D eigenvalue weighted by molar-refractivity contribution is -0.132. The van der Waals surface area contributed by atoms with Crippen LogP contribution in [-0.2, 0) is 31.0 Å². The van der Waals surface area contributed by atoms with Gasteiger partial charge in [-0.05, 0) is 62.0 Å². The Balaban J connectivity index is 1.15. The Bertz CT molecular complexity index is 1500. The normalized spacial score (nSPS) is 16.8. The minimum atomic E-state index is 0.230. The van der Waals surface area contributed by atoms with E-state index in [0.717, 1.165) is 41.9 Å². The topological polar surface area (TPSA) is 61.4 Å². The van der Waals surface area contributed by atoms with E-state index in [9.17, 15) is 4.79 Å². The lowest BCUT2D eigenvalue weighted by atomic mass is 9.91. The van der Waals surface area contributed by atoms with Crippen molar-refractivity contribution in [2.45, 2.75) is 52.9 Å². The number of carbonyl (C=O) groups excluding carboxylic acids is 1. The minimum Gasteiger partial charge on any atom is -0.330 e. The molecule has 1 N–H and O–H groups in total. The summed E-state index contributed by atoms with van der Waals surface area (Å²) in [5.74, 6) is 0.230. The fourth-order valence-corrected chi connectivity index (χ4v) is 8.25. The summed E-state index contributed by atoms with van der Waals surface area (Å²) in [4.78, 5) is 29.6. The van der Waals surface area contributed by atoms with Crippen LogP contribution >= 0.6 is 22.7 Å². The Morgan fingerprint density at radius 3 is 2.05 bits per heavy atom. The number of hydrogen-bond donors (Lipinski definition) is 1. The molecule has 0 radical (unpaired) electrons. The number of aromatic nitrogens is 2. The van der Waals surface area contributed by atoms with Crippen molar-refractivity contribution in [3.63, 3.8) is 0 Å². The average Bonchev–Trinajstić information content (AvgIpc) is 3.71. The third-order valence-electron chi connectivity index (χ3n) is 8.14. The van der Waals surface area contributed by atoms with Crippen LogP contribution in [0.4, 0.5) is 0 Å². The molecule has 2 aromatic carbocycles. The molecule has 1 amide bonds. The second-order valence-corrected chi connectivity index (χ2v) is 12.7. The van der Waals surface area contributed by atoms with Crippen LogP contribution in [0, 0.1) is 13.8 Å². The van der Waals surface area contributed by atoms with Crippen LogP contribution in [0.1, 0.15) is 45.1 Å². The average molecular weight is 542 g/mol. The molecule has 194 valence electrons. The van der Waals surface area contributed by atoms with Crippen molar-refractivity contribution in [3.05, 3.63) is 68.7 Å². The molecule has 1 fully saturated rings. The molecule has 0 atom stereocenters. The van der Waals surface area contributed by atoms with Gasteiger partial charge in [0.05, 0.1) is 31.0 Å². The number of rotatable bonds is 5. The standard InChI is InChI=1S/C30H31N5OS2/c1-18-20(7-5-9-22(18)29-32-24-13-31-14-26(24)37-29)21-8-6-10-23(19(21)2)30-33-25-15-35(16-27(25)38-30)28(36)17-34-11-3-4-12-34/h5-10,31H,3-4,11-17H2,1-2H3. The van der Waals surface area contributed by atoms with Crippen LogP contribution in [0.3, 0.4) is 0 Å². The van der Waals surface area contributed by atoms with E-state index >= 15 is 0 Å². The highest BCUT2D eigenvalue weighted by molar-refractivity contribution is 7.15. The Morgan fingerprint density at radius 1 is 0.816 bits per heavy atom. The van der Waals surface area contributed by atoms with E-state index in [-0.39, 0.29) is 5.91 Å². The number of hydrogen-bond acceptors (Lipinski definition) is 7. The van der Waals surface area contributed by atoms with E-state index in [1.165, 1.54) is 61.7 Å². The zero-order valence-electron chi connectivity index (χ0n) is 21.8. The van der Waals surface area contributed by atoms with Crippen molar-refractivity contribution in [1.82, 2.24) is 25.1 Å². The molecule has 0 spiro atoms. The molecule has 8 heteroatoms. The van der Waals surface area contributed by atoms with Gasteiger partial charge in [0.15, 0.2) is 0 Å². The first kappa shape index (κ1) is 24.2. The summed E-state index contributed by atoms with van der Waals surface area (Å²) in [6.45, 7) is 10.2. The summed E-state index contributed by atoms with van der Waals surface area (Å²) in [5, 5.41) is 5.56. The van der Waals surface area contributed by atoms with Gasteiger partial charge in [0, 0.05) is 34.0 Å². The maximum absolute atomic E-state index is 12.8. The van der Waals surface area contributed by atoms with Gasteiger partial charge in [-0.3, -0.25) is 9.69 Å². The summed E-state index contributed by atoms with van der Waals surface area (Å²) >= 11 is 3.55. The molecule has 0 saturated carbocycles. The van der Waals surface area contributed by atoms with E-state index in [1.807, 2.05) is 16.2 Å². The first-order valence-electron chi connectivity index (χ1n) is 13.4. The van der Waals surface area contributed by atoms with Gasteiger partial charge >= 0.3 is 0 Å². The molecule has 0 bridgehead atoms. The lowest BCUT2D eigenvalue weighted by Crippen LogP contribution is -2.36. The summed E-state index contributed by atoms with van der Waals surface area (Å²) < 4.78 is 0. The van der Waals surface area contributed by atoms with Gasteiger partial charge in [0.2, 0.25) is 5.91 Å².